The van der Waals surface area contributed by atoms with Crippen LogP contribution in [-0.4, -0.2) is 5.97 Å². The maximum atomic E-state index is 11.8. The Hall–Kier alpha value is -1.77. The zero-order valence-corrected chi connectivity index (χ0v) is 10.7. The molecule has 3 rings (SSSR count). The minimum atomic E-state index is -0.300. The first-order chi connectivity index (χ1) is 8.48. The molecule has 1 saturated heterocycles. The fourth-order valence-electron chi connectivity index (χ4n) is 3.22. The molecule has 0 bridgehead atoms. The maximum Gasteiger partial charge on any atom is 0.334 e. The third-order valence-corrected chi connectivity index (χ3v) is 4.28. The van der Waals surface area contributed by atoms with Gasteiger partial charge >= 0.3 is 5.97 Å². The quantitative estimate of drug-likeness (QED) is 0.433. The van der Waals surface area contributed by atoms with Gasteiger partial charge in [-0.2, -0.15) is 0 Å². The molecule has 0 spiro atoms. The molecule has 0 radical (unpaired) electrons. The molecule has 3 atom stereocenters. The molecule has 2 heterocycles. The number of allylic oxidation sites excluding steroid dienone is 1. The zero-order valence-electron chi connectivity index (χ0n) is 10.7. The average Bonchev–Trinajstić information content (AvgIpc) is 2.82. The first-order valence-corrected chi connectivity index (χ1v) is 6.08. The van der Waals surface area contributed by atoms with Crippen LogP contribution >= 0.6 is 0 Å². The fourth-order valence-corrected chi connectivity index (χ4v) is 3.22. The summed E-state index contributed by atoms with van der Waals surface area (Å²) in [7, 11) is 0. The van der Waals surface area contributed by atoms with E-state index in [-0.39, 0.29) is 23.4 Å². The molecule has 1 aliphatic heterocycles. The van der Waals surface area contributed by atoms with Crippen molar-refractivity contribution in [2.24, 2.45) is 11.3 Å². The second-order valence-corrected chi connectivity index (χ2v) is 5.47. The number of rotatable bonds is 1. The number of furan rings is 1. The SMILES string of the molecule is C=C[C@@]1(C)Cc2occ(C)c2[C@@H]2OC(=O)C(=C)[C@@H]21. The van der Waals surface area contributed by atoms with Crippen LogP contribution in [0.5, 0.6) is 0 Å². The Kier molecular flexibility index (Phi) is 2.12. The van der Waals surface area contributed by atoms with E-state index in [2.05, 4.69) is 20.1 Å². The number of carbonyl (C=O) groups excluding carboxylic acids is 1. The van der Waals surface area contributed by atoms with E-state index in [0.29, 0.717) is 5.57 Å². The normalized spacial score (nSPS) is 33.9. The summed E-state index contributed by atoms with van der Waals surface area (Å²) in [4.78, 5) is 11.8. The van der Waals surface area contributed by atoms with Crippen molar-refractivity contribution in [2.45, 2.75) is 26.4 Å². The Balaban J connectivity index is 2.21. The van der Waals surface area contributed by atoms with Gasteiger partial charge in [0, 0.05) is 28.9 Å². The van der Waals surface area contributed by atoms with Crippen molar-refractivity contribution in [3.8, 4) is 0 Å². The highest BCUT2D eigenvalue weighted by Crippen LogP contribution is 2.55. The summed E-state index contributed by atoms with van der Waals surface area (Å²) in [6.45, 7) is 11.9. The van der Waals surface area contributed by atoms with E-state index in [1.807, 2.05) is 13.0 Å². The number of esters is 1. The molecule has 3 heteroatoms. The van der Waals surface area contributed by atoms with Crippen molar-refractivity contribution in [2.75, 3.05) is 0 Å². The summed E-state index contributed by atoms with van der Waals surface area (Å²) in [6, 6.07) is 0. The standard InChI is InChI=1S/C15H16O3/c1-5-15(4)6-10-11(8(2)7-17-10)13-12(15)9(3)14(16)18-13/h5,7,12-13H,1,3,6H2,2,4H3/t12-,13-,15-/m0/s1. The minimum Gasteiger partial charge on any atom is -0.469 e. The predicted molar refractivity (Wildman–Crippen MR) is 66.9 cm³/mol. The Morgan fingerprint density at radius 2 is 2.28 bits per heavy atom. The molecule has 1 aliphatic carbocycles. The Bertz CT molecular complexity index is 566. The van der Waals surface area contributed by atoms with Gasteiger partial charge in [0.1, 0.15) is 11.9 Å². The van der Waals surface area contributed by atoms with Gasteiger partial charge in [-0.15, -0.1) is 6.58 Å². The van der Waals surface area contributed by atoms with E-state index in [4.69, 9.17) is 9.15 Å². The summed E-state index contributed by atoms with van der Waals surface area (Å²) in [6.07, 6.45) is 4.08. The number of carbonyl (C=O) groups is 1. The van der Waals surface area contributed by atoms with E-state index in [0.717, 1.165) is 23.3 Å². The Morgan fingerprint density at radius 3 is 2.94 bits per heavy atom. The van der Waals surface area contributed by atoms with Crippen molar-refractivity contribution in [1.82, 2.24) is 0 Å². The number of ether oxygens (including phenoxy) is 1. The van der Waals surface area contributed by atoms with Crippen molar-refractivity contribution >= 4 is 5.97 Å². The topological polar surface area (TPSA) is 39.4 Å². The summed E-state index contributed by atoms with van der Waals surface area (Å²) < 4.78 is 11.1. The highest BCUT2D eigenvalue weighted by atomic mass is 16.6. The molecule has 3 nitrogen and oxygen atoms in total. The lowest BCUT2D eigenvalue weighted by atomic mass is 9.64. The maximum absolute atomic E-state index is 11.8. The van der Waals surface area contributed by atoms with E-state index in [9.17, 15) is 4.79 Å². The fraction of sp³-hybridized carbons (Fsp3) is 0.400. The number of hydrogen-bond donors (Lipinski definition) is 0. The number of hydrogen-bond acceptors (Lipinski definition) is 3. The molecule has 2 aliphatic rings. The van der Waals surface area contributed by atoms with Crippen LogP contribution in [0.2, 0.25) is 0 Å². The van der Waals surface area contributed by atoms with Gasteiger partial charge in [-0.3, -0.25) is 0 Å². The van der Waals surface area contributed by atoms with Gasteiger partial charge in [0.2, 0.25) is 0 Å². The van der Waals surface area contributed by atoms with Crippen molar-refractivity contribution < 1.29 is 13.9 Å². The molecule has 1 aromatic heterocycles. The van der Waals surface area contributed by atoms with Gasteiger partial charge in [-0.25, -0.2) is 4.79 Å². The first-order valence-electron chi connectivity index (χ1n) is 6.08. The number of fused-ring (bicyclic) bond motifs is 3. The monoisotopic (exact) mass is 244 g/mol. The highest BCUT2D eigenvalue weighted by Gasteiger charge is 2.54. The van der Waals surface area contributed by atoms with Crippen LogP contribution in [0, 0.1) is 18.3 Å². The summed E-state index contributed by atoms with van der Waals surface area (Å²) >= 11 is 0. The molecule has 1 aromatic rings. The van der Waals surface area contributed by atoms with Gasteiger partial charge in [0.25, 0.3) is 0 Å². The molecule has 0 saturated carbocycles. The summed E-state index contributed by atoms with van der Waals surface area (Å²) in [5.41, 5.74) is 2.36. The lowest BCUT2D eigenvalue weighted by molar-refractivity contribution is -0.140. The molecular formula is C15H16O3. The molecule has 0 unspecified atom stereocenters. The summed E-state index contributed by atoms with van der Waals surface area (Å²) in [5, 5.41) is 0. The molecule has 1 fully saturated rings. The lowest BCUT2D eigenvalue weighted by Gasteiger charge is -2.38. The predicted octanol–water partition coefficient (Wildman–Crippen LogP) is 3.11. The van der Waals surface area contributed by atoms with Crippen molar-refractivity contribution in [3.63, 3.8) is 0 Å². The van der Waals surface area contributed by atoms with Gasteiger partial charge < -0.3 is 9.15 Å². The van der Waals surface area contributed by atoms with Gasteiger partial charge in [0.05, 0.1) is 6.26 Å². The highest BCUT2D eigenvalue weighted by molar-refractivity contribution is 5.91. The molecular weight excluding hydrogens is 228 g/mol. The van der Waals surface area contributed by atoms with Gasteiger partial charge in [-0.1, -0.05) is 19.6 Å². The van der Waals surface area contributed by atoms with Gasteiger partial charge in [-0.05, 0) is 12.5 Å². The smallest absolute Gasteiger partial charge is 0.334 e. The van der Waals surface area contributed by atoms with Crippen LogP contribution in [-0.2, 0) is 16.0 Å². The zero-order chi connectivity index (χ0) is 13.1. The van der Waals surface area contributed by atoms with Crippen LogP contribution in [0.15, 0.2) is 35.5 Å². The second kappa shape index (κ2) is 3.37. The second-order valence-electron chi connectivity index (χ2n) is 5.47. The summed E-state index contributed by atoms with van der Waals surface area (Å²) in [5.74, 6) is 0.566. The average molecular weight is 244 g/mol. The van der Waals surface area contributed by atoms with Crippen LogP contribution < -0.4 is 0 Å². The van der Waals surface area contributed by atoms with Crippen LogP contribution in [0.1, 0.15) is 29.9 Å². The molecule has 94 valence electrons. The Labute approximate surface area is 106 Å². The molecule has 0 aromatic carbocycles. The largest absolute Gasteiger partial charge is 0.469 e. The molecule has 18 heavy (non-hydrogen) atoms. The van der Waals surface area contributed by atoms with Crippen molar-refractivity contribution in [1.29, 1.82) is 0 Å². The van der Waals surface area contributed by atoms with Crippen LogP contribution in [0.3, 0.4) is 0 Å². The Morgan fingerprint density at radius 1 is 1.56 bits per heavy atom. The van der Waals surface area contributed by atoms with Gasteiger partial charge in [0.15, 0.2) is 0 Å². The molecule has 0 amide bonds. The first kappa shape index (κ1) is 11.3. The lowest BCUT2D eigenvalue weighted by Crippen LogP contribution is -2.35. The minimum absolute atomic E-state index is 0.0358. The third-order valence-electron chi connectivity index (χ3n) is 4.28. The van der Waals surface area contributed by atoms with E-state index >= 15 is 0 Å². The van der Waals surface area contributed by atoms with E-state index in [1.165, 1.54) is 0 Å². The third kappa shape index (κ3) is 1.22. The number of aryl methyl sites for hydroxylation is 1. The van der Waals surface area contributed by atoms with Crippen LogP contribution in [0.4, 0.5) is 0 Å². The van der Waals surface area contributed by atoms with E-state index in [1.54, 1.807) is 6.26 Å². The van der Waals surface area contributed by atoms with Crippen LogP contribution in [0.25, 0.3) is 0 Å². The molecule has 0 N–H and O–H groups in total. The van der Waals surface area contributed by atoms with Crippen molar-refractivity contribution in [3.05, 3.63) is 48.0 Å². The van der Waals surface area contributed by atoms with E-state index < -0.39 is 0 Å².